The number of aromatic nitrogens is 1. The van der Waals surface area contributed by atoms with Crippen molar-refractivity contribution < 1.29 is 0 Å². The molecule has 1 aliphatic carbocycles. The monoisotopic (exact) mass is 744 g/mol. The molecule has 0 aliphatic heterocycles. The largest absolute Gasteiger partial charge is 0.310 e. The van der Waals surface area contributed by atoms with Gasteiger partial charge in [-0.25, -0.2) is 0 Å². The van der Waals surface area contributed by atoms with E-state index in [1.807, 2.05) is 6.08 Å². The highest BCUT2D eigenvalue weighted by Gasteiger charge is 2.36. The van der Waals surface area contributed by atoms with Crippen LogP contribution in [0.3, 0.4) is 0 Å². The third-order valence-corrected chi connectivity index (χ3v) is 12.1. The van der Waals surface area contributed by atoms with Crippen LogP contribution < -0.4 is 4.90 Å². The lowest BCUT2D eigenvalue weighted by Gasteiger charge is -2.30. The predicted molar refractivity (Wildman–Crippen MR) is 249 cm³/mol. The quantitative estimate of drug-likeness (QED) is 0.150. The first-order valence-corrected chi connectivity index (χ1v) is 20.1. The fourth-order valence-electron chi connectivity index (χ4n) is 9.32. The van der Waals surface area contributed by atoms with E-state index < -0.39 is 0 Å². The van der Waals surface area contributed by atoms with Crippen LogP contribution in [0.15, 0.2) is 195 Å². The number of rotatable bonds is 8. The van der Waals surface area contributed by atoms with Crippen molar-refractivity contribution in [1.82, 2.24) is 4.57 Å². The maximum atomic E-state index is 4.30. The van der Waals surface area contributed by atoms with Crippen LogP contribution in [0.4, 0.5) is 17.1 Å². The topological polar surface area (TPSA) is 8.17 Å². The van der Waals surface area contributed by atoms with E-state index in [0.29, 0.717) is 0 Å². The number of anilines is 3. The standard InChI is InChI=1S/C56H44N2/c1-5-53-50(49-28-15-17-30-54(49)58(53)41-22-10-7-11-23-41)35-38(2)44-33-34-55(48-27-13-12-25-45(44)48)57(42-24-18-21-40(36-42)39-19-8-6-9-20-39)43-31-32-47-46-26-14-16-29-51(46)56(3,4)52(47)37-43/h5-37H,1H2,2-4H3/b38-35+. The first-order chi connectivity index (χ1) is 28.4. The van der Waals surface area contributed by atoms with E-state index >= 15 is 0 Å². The summed E-state index contributed by atoms with van der Waals surface area (Å²) in [4.78, 5) is 2.46. The van der Waals surface area contributed by atoms with E-state index in [2.05, 4.69) is 231 Å². The van der Waals surface area contributed by atoms with Gasteiger partial charge in [-0.3, -0.25) is 0 Å². The summed E-state index contributed by atoms with van der Waals surface area (Å²) in [7, 11) is 0. The van der Waals surface area contributed by atoms with Crippen molar-refractivity contribution in [3.63, 3.8) is 0 Å². The van der Waals surface area contributed by atoms with E-state index in [9.17, 15) is 0 Å². The highest BCUT2D eigenvalue weighted by molar-refractivity contribution is 6.07. The Morgan fingerprint density at radius 1 is 0.552 bits per heavy atom. The lowest BCUT2D eigenvalue weighted by atomic mass is 9.82. The van der Waals surface area contributed by atoms with Crippen LogP contribution in [0.5, 0.6) is 0 Å². The molecule has 0 atom stereocenters. The van der Waals surface area contributed by atoms with Gasteiger partial charge >= 0.3 is 0 Å². The zero-order chi connectivity index (χ0) is 39.4. The maximum Gasteiger partial charge on any atom is 0.0541 e. The van der Waals surface area contributed by atoms with Gasteiger partial charge in [-0.15, -0.1) is 0 Å². The number of fused-ring (bicyclic) bond motifs is 5. The van der Waals surface area contributed by atoms with Gasteiger partial charge in [-0.1, -0.05) is 160 Å². The van der Waals surface area contributed by atoms with E-state index in [-0.39, 0.29) is 5.41 Å². The van der Waals surface area contributed by atoms with Gasteiger partial charge in [0.25, 0.3) is 0 Å². The molecular formula is C56H44N2. The maximum absolute atomic E-state index is 4.30. The summed E-state index contributed by atoms with van der Waals surface area (Å²) in [6.45, 7) is 11.3. The highest BCUT2D eigenvalue weighted by atomic mass is 15.1. The number of allylic oxidation sites excluding steroid dienone is 1. The number of para-hydroxylation sites is 2. The van der Waals surface area contributed by atoms with Gasteiger partial charge in [0.05, 0.1) is 16.9 Å². The zero-order valence-electron chi connectivity index (χ0n) is 33.2. The third kappa shape index (κ3) is 5.72. The molecule has 0 fully saturated rings. The number of hydrogen-bond acceptors (Lipinski definition) is 1. The summed E-state index contributed by atoms with van der Waals surface area (Å²) >= 11 is 0. The van der Waals surface area contributed by atoms with Crippen molar-refractivity contribution in [2.45, 2.75) is 26.2 Å². The minimum absolute atomic E-state index is 0.124. The zero-order valence-corrected chi connectivity index (χ0v) is 33.2. The van der Waals surface area contributed by atoms with Crippen molar-refractivity contribution in [2.24, 2.45) is 0 Å². The molecule has 9 aromatic rings. The Balaban J connectivity index is 1.16. The van der Waals surface area contributed by atoms with E-state index in [4.69, 9.17) is 0 Å². The molecule has 1 aliphatic rings. The molecule has 1 heterocycles. The highest BCUT2D eigenvalue weighted by Crippen LogP contribution is 2.51. The van der Waals surface area contributed by atoms with Crippen LogP contribution in [0, 0.1) is 0 Å². The summed E-state index contributed by atoms with van der Waals surface area (Å²) in [5.74, 6) is 0. The number of hydrogen-bond donors (Lipinski definition) is 0. The second-order valence-electron chi connectivity index (χ2n) is 15.8. The van der Waals surface area contributed by atoms with Crippen LogP contribution in [-0.4, -0.2) is 4.57 Å². The molecular weight excluding hydrogens is 701 g/mol. The molecule has 0 bridgehead atoms. The fourth-order valence-corrected chi connectivity index (χ4v) is 9.32. The summed E-state index contributed by atoms with van der Waals surface area (Å²) in [5, 5.41) is 3.60. The molecule has 2 heteroatoms. The minimum Gasteiger partial charge on any atom is -0.310 e. The Kier molecular flexibility index (Phi) is 8.57. The molecule has 0 spiro atoms. The molecule has 0 unspecified atom stereocenters. The third-order valence-electron chi connectivity index (χ3n) is 12.1. The van der Waals surface area contributed by atoms with Crippen molar-refractivity contribution in [2.75, 3.05) is 4.90 Å². The SMILES string of the molecule is C=Cc1c(/C=C(\C)c2ccc(N(c3cccc(-c4ccccc4)c3)c3ccc4c(c3)C(C)(C)c3ccccc3-4)c3ccccc23)c2ccccc2n1-c1ccccc1. The summed E-state index contributed by atoms with van der Waals surface area (Å²) in [5.41, 5.74) is 18.0. The Hall–Kier alpha value is -7.16. The average molecular weight is 745 g/mol. The molecule has 0 radical (unpaired) electrons. The molecule has 0 saturated heterocycles. The predicted octanol–water partition coefficient (Wildman–Crippen LogP) is 15.4. The summed E-state index contributed by atoms with van der Waals surface area (Å²) in [6, 6.07) is 68.3. The lowest BCUT2D eigenvalue weighted by Crippen LogP contribution is -2.16. The van der Waals surface area contributed by atoms with Crippen LogP contribution in [0.1, 0.15) is 48.7 Å². The van der Waals surface area contributed by atoms with Crippen LogP contribution in [0.25, 0.3) is 67.3 Å². The van der Waals surface area contributed by atoms with E-state index in [0.717, 1.165) is 34.0 Å². The molecule has 0 N–H and O–H groups in total. The normalized spacial score (nSPS) is 13.1. The lowest BCUT2D eigenvalue weighted by molar-refractivity contribution is 0.660. The molecule has 10 rings (SSSR count). The smallest absolute Gasteiger partial charge is 0.0541 e. The van der Waals surface area contributed by atoms with Crippen molar-refractivity contribution in [3.8, 4) is 27.9 Å². The van der Waals surface area contributed by atoms with Gasteiger partial charge in [0, 0.05) is 38.8 Å². The number of benzene rings is 8. The molecule has 1 aromatic heterocycles. The first-order valence-electron chi connectivity index (χ1n) is 20.1. The van der Waals surface area contributed by atoms with E-state index in [1.165, 1.54) is 66.2 Å². The van der Waals surface area contributed by atoms with Crippen LogP contribution in [-0.2, 0) is 5.41 Å². The number of nitrogens with zero attached hydrogens (tertiary/aromatic N) is 2. The fraction of sp³-hybridized carbons (Fsp3) is 0.0714. The molecule has 2 nitrogen and oxygen atoms in total. The van der Waals surface area contributed by atoms with Gasteiger partial charge in [0.15, 0.2) is 0 Å². The Labute approximate surface area is 341 Å². The van der Waals surface area contributed by atoms with Gasteiger partial charge in [-0.05, 0) is 118 Å². The van der Waals surface area contributed by atoms with Crippen LogP contribution >= 0.6 is 0 Å². The molecule has 8 aromatic carbocycles. The Bertz CT molecular complexity index is 3050. The average Bonchev–Trinajstić information content (AvgIpc) is 3.71. The first kappa shape index (κ1) is 35.3. The molecule has 0 saturated carbocycles. The second-order valence-corrected chi connectivity index (χ2v) is 15.8. The molecule has 58 heavy (non-hydrogen) atoms. The Morgan fingerprint density at radius 3 is 1.98 bits per heavy atom. The van der Waals surface area contributed by atoms with Gasteiger partial charge in [0.1, 0.15) is 0 Å². The van der Waals surface area contributed by atoms with Crippen molar-refractivity contribution in [1.29, 1.82) is 0 Å². The van der Waals surface area contributed by atoms with Gasteiger partial charge < -0.3 is 9.47 Å². The summed E-state index contributed by atoms with van der Waals surface area (Å²) < 4.78 is 2.32. The van der Waals surface area contributed by atoms with Gasteiger partial charge in [-0.2, -0.15) is 0 Å². The summed E-state index contributed by atoms with van der Waals surface area (Å²) in [6.07, 6.45) is 4.34. The molecule has 278 valence electrons. The Morgan fingerprint density at radius 2 is 1.19 bits per heavy atom. The second kappa shape index (κ2) is 14.1. The minimum atomic E-state index is -0.124. The van der Waals surface area contributed by atoms with Crippen molar-refractivity contribution >= 4 is 56.5 Å². The van der Waals surface area contributed by atoms with Crippen molar-refractivity contribution in [3.05, 3.63) is 223 Å². The van der Waals surface area contributed by atoms with E-state index in [1.54, 1.807) is 0 Å². The van der Waals surface area contributed by atoms with Crippen LogP contribution in [0.2, 0.25) is 0 Å². The molecule has 0 amide bonds. The van der Waals surface area contributed by atoms with Gasteiger partial charge in [0.2, 0.25) is 0 Å².